The molecule has 1 fully saturated rings. The van der Waals surface area contributed by atoms with Gasteiger partial charge in [0.1, 0.15) is 9.23 Å². The molecule has 10 heteroatoms. The lowest BCUT2D eigenvalue weighted by Crippen LogP contribution is -2.55. The van der Waals surface area contributed by atoms with Crippen LogP contribution in [0, 0.1) is 0 Å². The van der Waals surface area contributed by atoms with E-state index in [4.69, 9.17) is 27.9 Å². The number of carboxylic acid groups (broad SMARTS) is 1. The van der Waals surface area contributed by atoms with Gasteiger partial charge in [0.2, 0.25) is 10.0 Å². The molecule has 1 unspecified atom stereocenters. The summed E-state index contributed by atoms with van der Waals surface area (Å²) in [5.41, 5.74) is -1.61. The first-order valence-electron chi connectivity index (χ1n) is 5.96. The van der Waals surface area contributed by atoms with E-state index in [1.807, 2.05) is 0 Å². The van der Waals surface area contributed by atoms with Gasteiger partial charge in [0.25, 0.3) is 0 Å². The Morgan fingerprint density at radius 1 is 1.57 bits per heavy atom. The molecule has 2 heterocycles. The van der Waals surface area contributed by atoms with E-state index in [2.05, 4.69) is 0 Å². The molecular weight excluding hydrogens is 361 g/mol. The molecule has 1 aliphatic heterocycles. The van der Waals surface area contributed by atoms with Gasteiger partial charge in [-0.05, 0) is 18.9 Å². The molecule has 1 aromatic rings. The molecule has 1 aromatic heterocycles. The Balaban J connectivity index is 2.52. The third-order valence-electron chi connectivity index (χ3n) is 3.40. The van der Waals surface area contributed by atoms with Crippen LogP contribution >= 0.6 is 34.5 Å². The van der Waals surface area contributed by atoms with Gasteiger partial charge in [0.05, 0.1) is 10.9 Å². The summed E-state index contributed by atoms with van der Waals surface area (Å²) in [5, 5.41) is 9.51. The number of hydrogen-bond acceptors (Lipinski definition) is 5. The highest BCUT2D eigenvalue weighted by atomic mass is 35.5. The number of ether oxygens (including phenoxy) is 1. The second-order valence-corrected chi connectivity index (χ2v) is 8.76. The second kappa shape index (κ2) is 6.02. The average molecular weight is 374 g/mol. The quantitative estimate of drug-likeness (QED) is 0.855. The van der Waals surface area contributed by atoms with Crippen LogP contribution in [-0.2, 0) is 19.6 Å². The van der Waals surface area contributed by atoms with Crippen molar-refractivity contribution in [3.05, 3.63) is 14.7 Å². The smallest absolute Gasteiger partial charge is 0.327 e. The summed E-state index contributed by atoms with van der Waals surface area (Å²) < 4.78 is 31.6. The molecule has 0 saturated carbocycles. The molecule has 6 nitrogen and oxygen atoms in total. The normalized spacial score (nSPS) is 23.6. The molecule has 0 amide bonds. The number of carboxylic acids is 1. The highest BCUT2D eigenvalue weighted by Gasteiger charge is 2.54. The summed E-state index contributed by atoms with van der Waals surface area (Å²) in [6.45, 7) is -0.126. The lowest BCUT2D eigenvalue weighted by molar-refractivity contribution is -0.150. The molecule has 1 saturated heterocycles. The van der Waals surface area contributed by atoms with Gasteiger partial charge in [0.15, 0.2) is 5.54 Å². The number of thiophene rings is 1. The molecule has 1 aliphatic rings. The average Bonchev–Trinajstić information content (AvgIpc) is 2.95. The van der Waals surface area contributed by atoms with Crippen LogP contribution in [0.15, 0.2) is 11.0 Å². The first-order valence-corrected chi connectivity index (χ1v) is 8.97. The van der Waals surface area contributed by atoms with Gasteiger partial charge in [-0.1, -0.05) is 23.2 Å². The van der Waals surface area contributed by atoms with E-state index in [9.17, 15) is 18.3 Å². The monoisotopic (exact) mass is 373 g/mol. The molecule has 2 rings (SSSR count). The molecule has 0 aromatic carbocycles. The Labute approximate surface area is 136 Å². The van der Waals surface area contributed by atoms with Gasteiger partial charge in [-0.25, -0.2) is 8.42 Å². The van der Waals surface area contributed by atoms with Gasteiger partial charge in [-0.3, -0.25) is 4.79 Å². The van der Waals surface area contributed by atoms with Crippen LogP contribution in [0.2, 0.25) is 8.67 Å². The van der Waals surface area contributed by atoms with Crippen molar-refractivity contribution in [1.29, 1.82) is 0 Å². The van der Waals surface area contributed by atoms with E-state index in [0.29, 0.717) is 6.42 Å². The van der Waals surface area contributed by atoms with Crippen LogP contribution in [0.3, 0.4) is 0 Å². The third kappa shape index (κ3) is 2.80. The lowest BCUT2D eigenvalue weighted by Gasteiger charge is -2.32. The number of hydrogen-bond donors (Lipinski definition) is 1. The molecule has 0 radical (unpaired) electrons. The maximum Gasteiger partial charge on any atom is 0.327 e. The maximum atomic E-state index is 12.7. The zero-order valence-corrected chi connectivity index (χ0v) is 14.2. The number of aliphatic carboxylic acids is 1. The Morgan fingerprint density at radius 2 is 2.24 bits per heavy atom. The molecular formula is C11H13Cl2NO5S2. The van der Waals surface area contributed by atoms with E-state index in [-0.39, 0.29) is 33.1 Å². The second-order valence-electron chi connectivity index (χ2n) is 4.64. The van der Waals surface area contributed by atoms with E-state index in [1.54, 1.807) is 0 Å². The largest absolute Gasteiger partial charge is 0.480 e. The minimum Gasteiger partial charge on any atom is -0.480 e. The van der Waals surface area contributed by atoms with E-state index in [1.165, 1.54) is 13.2 Å². The standard InChI is InChI=1S/C11H13Cl2NO5S2/c1-19-6-11(10(15)16)3-2-4-14(11)21(17,18)7-5-8(12)20-9(7)13/h5H,2-4,6H2,1H3,(H,15,16). The van der Waals surface area contributed by atoms with Crippen LogP contribution in [0.1, 0.15) is 12.8 Å². The van der Waals surface area contributed by atoms with Crippen LogP contribution in [0.5, 0.6) is 0 Å². The predicted molar refractivity (Wildman–Crippen MR) is 79.7 cm³/mol. The van der Waals surface area contributed by atoms with Crippen LogP contribution in [-0.4, -0.2) is 49.6 Å². The van der Waals surface area contributed by atoms with Crippen molar-refractivity contribution >= 4 is 50.5 Å². The molecule has 21 heavy (non-hydrogen) atoms. The van der Waals surface area contributed by atoms with Gasteiger partial charge < -0.3 is 9.84 Å². The van der Waals surface area contributed by atoms with E-state index in [0.717, 1.165) is 15.6 Å². The van der Waals surface area contributed by atoms with Crippen LogP contribution in [0.25, 0.3) is 0 Å². The number of halogens is 2. The summed E-state index contributed by atoms with van der Waals surface area (Å²) in [4.78, 5) is 11.5. The fourth-order valence-corrected chi connectivity index (χ4v) is 6.38. The molecule has 118 valence electrons. The van der Waals surface area contributed by atoms with Crippen molar-refractivity contribution in [2.45, 2.75) is 23.3 Å². The van der Waals surface area contributed by atoms with Gasteiger partial charge >= 0.3 is 5.97 Å². The Bertz CT molecular complexity index is 660. The highest BCUT2D eigenvalue weighted by Crippen LogP contribution is 2.41. The number of rotatable bonds is 5. The van der Waals surface area contributed by atoms with Crippen LogP contribution < -0.4 is 0 Å². The fourth-order valence-electron chi connectivity index (χ4n) is 2.48. The van der Waals surface area contributed by atoms with E-state index >= 15 is 0 Å². The number of methoxy groups -OCH3 is 1. The highest BCUT2D eigenvalue weighted by molar-refractivity contribution is 7.89. The molecule has 1 N–H and O–H groups in total. The summed E-state index contributed by atoms with van der Waals surface area (Å²) >= 11 is 12.6. The number of sulfonamides is 1. The Kier molecular flexibility index (Phi) is 4.87. The van der Waals surface area contributed by atoms with Gasteiger partial charge in [-0.2, -0.15) is 4.31 Å². The zero-order valence-electron chi connectivity index (χ0n) is 11.0. The number of nitrogens with zero attached hydrogens (tertiary/aromatic N) is 1. The Morgan fingerprint density at radius 3 is 2.71 bits per heavy atom. The maximum absolute atomic E-state index is 12.7. The summed E-state index contributed by atoms with van der Waals surface area (Å²) in [6, 6.07) is 1.24. The summed E-state index contributed by atoms with van der Waals surface area (Å²) in [5.74, 6) is -1.23. The van der Waals surface area contributed by atoms with Crippen LogP contribution in [0.4, 0.5) is 0 Å². The lowest BCUT2D eigenvalue weighted by atomic mass is 9.99. The fraction of sp³-hybridized carbons (Fsp3) is 0.545. The minimum atomic E-state index is -4.06. The van der Waals surface area contributed by atoms with Crippen molar-refractivity contribution in [3.63, 3.8) is 0 Å². The van der Waals surface area contributed by atoms with Crippen molar-refractivity contribution in [2.75, 3.05) is 20.3 Å². The predicted octanol–water partition coefficient (Wildman–Crippen LogP) is 2.31. The SMILES string of the molecule is COCC1(C(=O)O)CCCN1S(=O)(=O)c1cc(Cl)sc1Cl. The van der Waals surface area contributed by atoms with Gasteiger partial charge in [0, 0.05) is 13.7 Å². The first-order chi connectivity index (χ1) is 9.75. The first kappa shape index (κ1) is 17.0. The van der Waals surface area contributed by atoms with Gasteiger partial charge in [-0.15, -0.1) is 11.3 Å². The topological polar surface area (TPSA) is 83.9 Å². The Hall–Kier alpha value is -0.380. The van der Waals surface area contributed by atoms with Crippen molar-refractivity contribution < 1.29 is 23.1 Å². The van der Waals surface area contributed by atoms with Crippen molar-refractivity contribution in [1.82, 2.24) is 4.31 Å². The molecule has 0 aliphatic carbocycles. The van der Waals surface area contributed by atoms with E-state index < -0.39 is 21.5 Å². The van der Waals surface area contributed by atoms with Crippen molar-refractivity contribution in [2.24, 2.45) is 0 Å². The third-order valence-corrected chi connectivity index (χ3v) is 7.12. The summed E-state index contributed by atoms with van der Waals surface area (Å²) in [6.07, 6.45) is 0.620. The molecule has 0 spiro atoms. The summed E-state index contributed by atoms with van der Waals surface area (Å²) in [7, 11) is -2.72. The minimum absolute atomic E-state index is 0.0172. The molecule has 0 bridgehead atoms. The number of carbonyl (C=O) groups is 1. The molecule has 1 atom stereocenters. The zero-order chi connectivity index (χ0) is 15.8. The van der Waals surface area contributed by atoms with Crippen molar-refractivity contribution in [3.8, 4) is 0 Å².